The molecular weight excluding hydrogens is 186 g/mol. The van der Waals surface area contributed by atoms with Gasteiger partial charge in [-0.15, -0.1) is 5.54 Å². The summed E-state index contributed by atoms with van der Waals surface area (Å²) in [5, 5.41) is 0. The van der Waals surface area contributed by atoms with Crippen molar-refractivity contribution in [2.45, 2.75) is 19.6 Å². The quantitative estimate of drug-likeness (QED) is 0.461. The molecule has 0 saturated heterocycles. The van der Waals surface area contributed by atoms with Gasteiger partial charge < -0.3 is 0 Å². The van der Waals surface area contributed by atoms with Crippen LogP contribution in [0.4, 0.5) is 0 Å². The first-order valence-corrected chi connectivity index (χ1v) is 8.01. The normalized spacial score (nSPS) is 9.36. The van der Waals surface area contributed by atoms with Crippen LogP contribution in [0, 0.1) is 23.3 Å². The highest BCUT2D eigenvalue weighted by molar-refractivity contribution is 6.83. The van der Waals surface area contributed by atoms with E-state index in [-0.39, 0.29) is 0 Å². The van der Waals surface area contributed by atoms with Crippen LogP contribution in [0.2, 0.25) is 19.6 Å². The fourth-order valence-corrected chi connectivity index (χ4v) is 1.19. The zero-order chi connectivity index (χ0) is 10.4. The SMILES string of the molecule is C[Si](C)(C)C#CC#Cc1ccncc1. The molecule has 1 aromatic heterocycles. The van der Waals surface area contributed by atoms with E-state index in [9.17, 15) is 0 Å². The average Bonchev–Trinajstić information content (AvgIpc) is 2.13. The molecule has 2 heteroatoms. The van der Waals surface area contributed by atoms with Gasteiger partial charge in [0.2, 0.25) is 0 Å². The summed E-state index contributed by atoms with van der Waals surface area (Å²) in [6.45, 7) is 6.61. The lowest BCUT2D eigenvalue weighted by Crippen LogP contribution is -2.16. The molecule has 1 aromatic rings. The number of hydrogen-bond acceptors (Lipinski definition) is 1. The minimum Gasteiger partial charge on any atom is -0.265 e. The lowest BCUT2D eigenvalue weighted by atomic mass is 10.3. The lowest BCUT2D eigenvalue weighted by molar-refractivity contribution is 1.32. The van der Waals surface area contributed by atoms with Gasteiger partial charge in [0.15, 0.2) is 0 Å². The molecule has 0 aliphatic heterocycles. The van der Waals surface area contributed by atoms with Crippen molar-refractivity contribution in [3.63, 3.8) is 0 Å². The maximum Gasteiger partial charge on any atom is 0.130 e. The van der Waals surface area contributed by atoms with Crippen LogP contribution in [-0.4, -0.2) is 13.1 Å². The molecule has 1 nitrogen and oxygen atoms in total. The Morgan fingerprint density at radius 2 is 1.71 bits per heavy atom. The van der Waals surface area contributed by atoms with E-state index in [1.165, 1.54) is 0 Å². The monoisotopic (exact) mass is 199 g/mol. The van der Waals surface area contributed by atoms with Crippen LogP contribution in [0.5, 0.6) is 0 Å². The molecule has 70 valence electrons. The van der Waals surface area contributed by atoms with Gasteiger partial charge in [0, 0.05) is 18.0 Å². The Morgan fingerprint density at radius 3 is 2.29 bits per heavy atom. The van der Waals surface area contributed by atoms with Gasteiger partial charge in [0.05, 0.1) is 0 Å². The smallest absolute Gasteiger partial charge is 0.130 e. The fourth-order valence-electron chi connectivity index (χ4n) is 0.757. The molecule has 0 aromatic carbocycles. The Morgan fingerprint density at radius 1 is 1.07 bits per heavy atom. The van der Waals surface area contributed by atoms with Gasteiger partial charge in [-0.2, -0.15) is 0 Å². The summed E-state index contributed by atoms with van der Waals surface area (Å²) in [5.41, 5.74) is 4.15. The van der Waals surface area contributed by atoms with Crippen LogP contribution in [0.1, 0.15) is 5.56 Å². The molecule has 0 spiro atoms. The number of nitrogens with zero attached hydrogens (tertiary/aromatic N) is 1. The number of rotatable bonds is 0. The third-order valence-electron chi connectivity index (χ3n) is 1.39. The van der Waals surface area contributed by atoms with E-state index in [4.69, 9.17) is 0 Å². The summed E-state index contributed by atoms with van der Waals surface area (Å²) in [4.78, 5) is 3.92. The minimum absolute atomic E-state index is 0.963. The fraction of sp³-hybridized carbons (Fsp3) is 0.250. The number of hydrogen-bond donors (Lipinski definition) is 0. The Kier molecular flexibility index (Phi) is 3.51. The molecule has 0 aliphatic rings. The maximum atomic E-state index is 3.92. The molecule has 14 heavy (non-hydrogen) atoms. The Hall–Kier alpha value is -1.51. The standard InChI is InChI=1S/C12H13NSi/c1-14(2,3)11-5-4-6-12-7-9-13-10-8-12/h7-10H,1-3H3. The van der Waals surface area contributed by atoms with E-state index >= 15 is 0 Å². The zero-order valence-corrected chi connectivity index (χ0v) is 9.76. The van der Waals surface area contributed by atoms with Gasteiger partial charge in [-0.25, -0.2) is 0 Å². The first-order chi connectivity index (χ1) is 6.58. The Labute approximate surface area is 86.6 Å². The maximum absolute atomic E-state index is 3.92. The summed E-state index contributed by atoms with van der Waals surface area (Å²) in [7, 11) is -1.27. The second kappa shape index (κ2) is 4.65. The molecule has 0 amide bonds. The average molecular weight is 199 g/mol. The molecule has 0 unspecified atom stereocenters. The largest absolute Gasteiger partial charge is 0.265 e. The van der Waals surface area contributed by atoms with Crippen molar-refractivity contribution in [3.8, 4) is 23.3 Å². The molecule has 0 saturated carbocycles. The van der Waals surface area contributed by atoms with Gasteiger partial charge in [-0.05, 0) is 24.0 Å². The molecule has 0 N–H and O–H groups in total. The van der Waals surface area contributed by atoms with Crippen molar-refractivity contribution in [2.75, 3.05) is 0 Å². The van der Waals surface area contributed by atoms with E-state index in [1.807, 2.05) is 12.1 Å². The topological polar surface area (TPSA) is 12.9 Å². The van der Waals surface area contributed by atoms with E-state index in [1.54, 1.807) is 12.4 Å². The molecule has 0 atom stereocenters. The summed E-state index contributed by atoms with van der Waals surface area (Å²) in [6.07, 6.45) is 3.46. The molecule has 1 heterocycles. The third kappa shape index (κ3) is 4.50. The van der Waals surface area contributed by atoms with Gasteiger partial charge in [0.25, 0.3) is 0 Å². The van der Waals surface area contributed by atoms with Crippen molar-refractivity contribution < 1.29 is 0 Å². The Bertz CT molecular complexity index is 407. The van der Waals surface area contributed by atoms with Crippen molar-refractivity contribution in [1.29, 1.82) is 0 Å². The van der Waals surface area contributed by atoms with E-state index in [0.717, 1.165) is 5.56 Å². The summed E-state index contributed by atoms with van der Waals surface area (Å²) < 4.78 is 0. The highest BCUT2D eigenvalue weighted by atomic mass is 28.3. The van der Waals surface area contributed by atoms with Crippen LogP contribution in [0.3, 0.4) is 0 Å². The second-order valence-electron chi connectivity index (χ2n) is 3.99. The van der Waals surface area contributed by atoms with Crippen LogP contribution in [-0.2, 0) is 0 Å². The van der Waals surface area contributed by atoms with Crippen molar-refractivity contribution >= 4 is 8.07 Å². The molecule has 0 fully saturated rings. The van der Waals surface area contributed by atoms with Crippen LogP contribution in [0.15, 0.2) is 24.5 Å². The lowest BCUT2D eigenvalue weighted by Gasteiger charge is -2.01. The van der Waals surface area contributed by atoms with Crippen molar-refractivity contribution in [3.05, 3.63) is 30.1 Å². The predicted molar refractivity (Wildman–Crippen MR) is 62.2 cm³/mol. The molecular formula is C12H13NSi. The third-order valence-corrected chi connectivity index (χ3v) is 2.26. The molecule has 0 radical (unpaired) electrons. The highest BCUT2D eigenvalue weighted by Gasteiger charge is 2.06. The van der Waals surface area contributed by atoms with Crippen LogP contribution >= 0.6 is 0 Å². The van der Waals surface area contributed by atoms with Crippen molar-refractivity contribution in [2.24, 2.45) is 0 Å². The first kappa shape index (κ1) is 10.6. The predicted octanol–water partition coefficient (Wildman–Crippen LogP) is 2.31. The summed E-state index contributed by atoms with van der Waals surface area (Å²) in [5.74, 6) is 8.73. The second-order valence-corrected chi connectivity index (χ2v) is 8.74. The van der Waals surface area contributed by atoms with E-state index in [0.29, 0.717) is 0 Å². The zero-order valence-electron chi connectivity index (χ0n) is 8.76. The van der Waals surface area contributed by atoms with Gasteiger partial charge in [-0.3, -0.25) is 4.98 Å². The van der Waals surface area contributed by atoms with Crippen LogP contribution in [0.25, 0.3) is 0 Å². The molecule has 0 aliphatic carbocycles. The summed E-state index contributed by atoms with van der Waals surface area (Å²) >= 11 is 0. The minimum atomic E-state index is -1.27. The van der Waals surface area contributed by atoms with E-state index < -0.39 is 8.07 Å². The van der Waals surface area contributed by atoms with E-state index in [2.05, 4.69) is 47.9 Å². The number of aromatic nitrogens is 1. The molecule has 1 rings (SSSR count). The molecule has 0 bridgehead atoms. The van der Waals surface area contributed by atoms with Crippen LogP contribution < -0.4 is 0 Å². The van der Waals surface area contributed by atoms with Gasteiger partial charge in [0.1, 0.15) is 8.07 Å². The van der Waals surface area contributed by atoms with Crippen molar-refractivity contribution in [1.82, 2.24) is 4.98 Å². The summed E-state index contributed by atoms with van der Waals surface area (Å²) in [6, 6.07) is 3.76. The number of pyridine rings is 1. The first-order valence-electron chi connectivity index (χ1n) is 4.51. The van der Waals surface area contributed by atoms with Gasteiger partial charge in [-0.1, -0.05) is 25.6 Å². The highest BCUT2D eigenvalue weighted by Crippen LogP contribution is 1.95. The van der Waals surface area contributed by atoms with Gasteiger partial charge >= 0.3 is 0 Å². The Balaban J connectivity index is 2.70.